The number of rotatable bonds is 7. The zero-order valence-corrected chi connectivity index (χ0v) is 15.4. The van der Waals surface area contributed by atoms with Gasteiger partial charge >= 0.3 is 5.97 Å². The minimum atomic E-state index is -3.96. The molecule has 6 nitrogen and oxygen atoms in total. The molecular formula is C15H16ClNO5S2. The van der Waals surface area contributed by atoms with E-state index in [1.54, 1.807) is 0 Å². The number of hydrogen-bond acceptors (Lipinski definition) is 5. The molecule has 0 unspecified atom stereocenters. The van der Waals surface area contributed by atoms with Crippen molar-refractivity contribution in [1.82, 2.24) is 4.72 Å². The smallest absolute Gasteiger partial charge is 0.339 e. The molecule has 0 atom stereocenters. The Morgan fingerprint density at radius 3 is 2.54 bits per heavy atom. The quantitative estimate of drug-likeness (QED) is 0.758. The number of methoxy groups -OCH3 is 1. The SMILES string of the molecule is CCc1ccc(CNS(=O)(=O)c2cc(C(=O)O)c(OC)cc2Cl)s1. The van der Waals surface area contributed by atoms with E-state index in [1.807, 2.05) is 19.1 Å². The lowest BCUT2D eigenvalue weighted by Crippen LogP contribution is -2.23. The van der Waals surface area contributed by atoms with Crippen LogP contribution in [-0.4, -0.2) is 26.6 Å². The van der Waals surface area contributed by atoms with Crippen molar-refractivity contribution in [2.45, 2.75) is 24.8 Å². The lowest BCUT2D eigenvalue weighted by atomic mass is 10.2. The van der Waals surface area contributed by atoms with Crippen molar-refractivity contribution in [2.24, 2.45) is 0 Å². The van der Waals surface area contributed by atoms with E-state index in [0.717, 1.165) is 22.2 Å². The summed E-state index contributed by atoms with van der Waals surface area (Å²) >= 11 is 7.50. The molecule has 2 aromatic rings. The Kier molecular flexibility index (Phi) is 5.87. The lowest BCUT2D eigenvalue weighted by molar-refractivity contribution is 0.0693. The van der Waals surface area contributed by atoms with Crippen molar-refractivity contribution in [2.75, 3.05) is 7.11 Å². The van der Waals surface area contributed by atoms with Crippen molar-refractivity contribution in [3.05, 3.63) is 44.6 Å². The molecule has 0 bridgehead atoms. The molecule has 0 radical (unpaired) electrons. The number of ether oxygens (including phenoxy) is 1. The second-order valence-electron chi connectivity index (χ2n) is 4.83. The van der Waals surface area contributed by atoms with E-state index >= 15 is 0 Å². The molecule has 1 aromatic heterocycles. The van der Waals surface area contributed by atoms with Crippen molar-refractivity contribution in [3.63, 3.8) is 0 Å². The Labute approximate surface area is 149 Å². The van der Waals surface area contributed by atoms with Gasteiger partial charge in [-0.3, -0.25) is 0 Å². The first-order chi connectivity index (χ1) is 11.3. The fourth-order valence-electron chi connectivity index (χ4n) is 2.03. The number of thiophene rings is 1. The van der Waals surface area contributed by atoms with Gasteiger partial charge in [-0.25, -0.2) is 17.9 Å². The second kappa shape index (κ2) is 7.52. The average molecular weight is 390 g/mol. The Hall–Kier alpha value is -1.61. The molecule has 9 heteroatoms. The number of hydrogen-bond donors (Lipinski definition) is 2. The zero-order chi connectivity index (χ0) is 17.9. The monoisotopic (exact) mass is 389 g/mol. The molecule has 24 heavy (non-hydrogen) atoms. The van der Waals surface area contributed by atoms with Gasteiger partial charge < -0.3 is 9.84 Å². The third-order valence-corrected chi connectivity index (χ3v) is 6.37. The van der Waals surface area contributed by atoms with Crippen molar-refractivity contribution in [1.29, 1.82) is 0 Å². The fraction of sp³-hybridized carbons (Fsp3) is 0.267. The highest BCUT2D eigenvalue weighted by Gasteiger charge is 2.23. The minimum Gasteiger partial charge on any atom is -0.496 e. The number of sulfonamides is 1. The van der Waals surface area contributed by atoms with Crippen LogP contribution in [0.2, 0.25) is 5.02 Å². The van der Waals surface area contributed by atoms with Crippen molar-refractivity contribution < 1.29 is 23.1 Å². The number of carboxylic acids is 1. The molecule has 0 fully saturated rings. The molecule has 0 saturated heterocycles. The van der Waals surface area contributed by atoms with Crippen LogP contribution in [0.4, 0.5) is 0 Å². The van der Waals surface area contributed by atoms with Gasteiger partial charge in [0.05, 0.1) is 12.1 Å². The van der Waals surface area contributed by atoms with E-state index in [-0.39, 0.29) is 27.8 Å². The van der Waals surface area contributed by atoms with Gasteiger partial charge in [0.1, 0.15) is 16.2 Å². The lowest BCUT2D eigenvalue weighted by Gasteiger charge is -2.11. The maximum atomic E-state index is 12.5. The van der Waals surface area contributed by atoms with Crippen LogP contribution in [0.5, 0.6) is 5.75 Å². The second-order valence-corrected chi connectivity index (χ2v) is 8.23. The summed E-state index contributed by atoms with van der Waals surface area (Å²) in [5.41, 5.74) is -0.272. The van der Waals surface area contributed by atoms with Crippen LogP contribution in [0, 0.1) is 0 Å². The number of aromatic carboxylic acids is 1. The predicted molar refractivity (Wildman–Crippen MR) is 92.7 cm³/mol. The highest BCUT2D eigenvalue weighted by Crippen LogP contribution is 2.30. The van der Waals surface area contributed by atoms with Crippen molar-refractivity contribution >= 4 is 38.9 Å². The summed E-state index contributed by atoms with van der Waals surface area (Å²) in [6.07, 6.45) is 0.879. The van der Waals surface area contributed by atoms with Crippen LogP contribution in [0.25, 0.3) is 0 Å². The molecule has 130 valence electrons. The summed E-state index contributed by atoms with van der Waals surface area (Å²) in [4.78, 5) is 13.0. The summed E-state index contributed by atoms with van der Waals surface area (Å²) in [6.45, 7) is 2.13. The number of carboxylic acid groups (broad SMARTS) is 1. The predicted octanol–water partition coefficient (Wildman–Crippen LogP) is 3.15. The number of benzene rings is 1. The van der Waals surface area contributed by atoms with Gasteiger partial charge in [0.2, 0.25) is 10.0 Å². The number of halogens is 1. The number of aryl methyl sites for hydroxylation is 1. The van der Waals surface area contributed by atoms with Gasteiger partial charge in [0.15, 0.2) is 0 Å². The summed E-state index contributed by atoms with van der Waals surface area (Å²) in [5, 5.41) is 9.07. The highest BCUT2D eigenvalue weighted by molar-refractivity contribution is 7.89. The van der Waals surface area contributed by atoms with E-state index in [1.165, 1.54) is 24.5 Å². The molecule has 0 amide bonds. The Balaban J connectivity index is 2.31. The molecule has 1 aromatic carbocycles. The third-order valence-electron chi connectivity index (χ3n) is 3.28. The Morgan fingerprint density at radius 2 is 2.00 bits per heavy atom. The van der Waals surface area contributed by atoms with Gasteiger partial charge in [0.25, 0.3) is 0 Å². The molecule has 0 saturated carbocycles. The fourth-order valence-corrected chi connectivity index (χ4v) is 4.57. The van der Waals surface area contributed by atoms with Crippen LogP contribution in [0.15, 0.2) is 29.2 Å². The largest absolute Gasteiger partial charge is 0.496 e. The maximum absolute atomic E-state index is 12.5. The number of carbonyl (C=O) groups is 1. The molecule has 2 rings (SSSR count). The first-order valence-corrected chi connectivity index (χ1v) is 9.64. The first-order valence-electron chi connectivity index (χ1n) is 6.96. The van der Waals surface area contributed by atoms with E-state index in [9.17, 15) is 18.3 Å². The molecular weight excluding hydrogens is 374 g/mol. The highest BCUT2D eigenvalue weighted by atomic mass is 35.5. The summed E-state index contributed by atoms with van der Waals surface area (Å²) in [7, 11) is -2.68. The van der Waals surface area contributed by atoms with Crippen LogP contribution < -0.4 is 9.46 Å². The summed E-state index contributed by atoms with van der Waals surface area (Å²) in [6, 6.07) is 5.97. The topological polar surface area (TPSA) is 92.7 Å². The van der Waals surface area contributed by atoms with Gasteiger partial charge in [0, 0.05) is 22.4 Å². The zero-order valence-electron chi connectivity index (χ0n) is 13.0. The van der Waals surface area contributed by atoms with E-state index in [0.29, 0.717) is 0 Å². The third kappa shape index (κ3) is 4.07. The average Bonchev–Trinajstić information content (AvgIpc) is 3.00. The van der Waals surface area contributed by atoms with Gasteiger partial charge in [-0.05, 0) is 24.6 Å². The Bertz CT molecular complexity index is 861. The molecule has 0 aliphatic heterocycles. The van der Waals surface area contributed by atoms with E-state index < -0.39 is 16.0 Å². The maximum Gasteiger partial charge on any atom is 0.339 e. The molecule has 0 spiro atoms. The van der Waals surface area contributed by atoms with Crippen molar-refractivity contribution in [3.8, 4) is 5.75 Å². The van der Waals surface area contributed by atoms with Crippen LogP contribution >= 0.6 is 22.9 Å². The Morgan fingerprint density at radius 1 is 1.33 bits per heavy atom. The summed E-state index contributed by atoms with van der Waals surface area (Å²) < 4.78 is 32.3. The van der Waals surface area contributed by atoms with Gasteiger partial charge in [-0.15, -0.1) is 11.3 Å². The van der Waals surface area contributed by atoms with E-state index in [2.05, 4.69) is 4.72 Å². The number of nitrogens with one attached hydrogen (secondary N) is 1. The molecule has 2 N–H and O–H groups in total. The normalized spacial score (nSPS) is 11.5. The van der Waals surface area contributed by atoms with Crippen LogP contribution in [0.1, 0.15) is 27.0 Å². The minimum absolute atomic E-state index is 0.00251. The molecule has 0 aliphatic rings. The molecule has 0 aliphatic carbocycles. The molecule has 1 heterocycles. The summed E-state index contributed by atoms with van der Waals surface area (Å²) in [5.74, 6) is -1.30. The first kappa shape index (κ1) is 18.7. The standard InChI is InChI=1S/C15H16ClNO5S2/c1-3-9-4-5-10(23-9)8-17-24(20,21)14-6-11(15(18)19)13(22-2)7-12(14)16/h4-7,17H,3,8H2,1-2H3,(H,18,19). The van der Waals surface area contributed by atoms with Gasteiger partial charge in [-0.2, -0.15) is 0 Å². The van der Waals surface area contributed by atoms with Gasteiger partial charge in [-0.1, -0.05) is 18.5 Å². The van der Waals surface area contributed by atoms with Crippen LogP contribution in [-0.2, 0) is 23.0 Å². The van der Waals surface area contributed by atoms with E-state index in [4.69, 9.17) is 16.3 Å². The van der Waals surface area contributed by atoms with Crippen LogP contribution in [0.3, 0.4) is 0 Å².